The van der Waals surface area contributed by atoms with Crippen molar-refractivity contribution in [3.8, 4) is 11.6 Å². The molecule has 0 radical (unpaired) electrons. The van der Waals surface area contributed by atoms with Crippen LogP contribution in [0.5, 0.6) is 11.6 Å². The van der Waals surface area contributed by atoms with Gasteiger partial charge in [-0.1, -0.05) is 19.1 Å². The molecule has 88 valence electrons. The number of rotatable bonds is 3. The summed E-state index contributed by atoms with van der Waals surface area (Å²) < 4.78 is 5.61. The van der Waals surface area contributed by atoms with Crippen molar-refractivity contribution in [1.82, 2.24) is 9.97 Å². The summed E-state index contributed by atoms with van der Waals surface area (Å²) in [6, 6.07) is 9.53. The van der Waals surface area contributed by atoms with E-state index in [-0.39, 0.29) is 0 Å². The van der Waals surface area contributed by atoms with Crippen LogP contribution in [-0.4, -0.2) is 9.97 Å². The zero-order valence-electron chi connectivity index (χ0n) is 9.97. The molecule has 0 amide bonds. The van der Waals surface area contributed by atoms with Crippen LogP contribution in [0.15, 0.2) is 30.3 Å². The van der Waals surface area contributed by atoms with E-state index in [1.54, 1.807) is 13.0 Å². The number of benzene rings is 1. The fourth-order valence-corrected chi connectivity index (χ4v) is 1.53. The highest BCUT2D eigenvalue weighted by Crippen LogP contribution is 2.21. The van der Waals surface area contributed by atoms with Gasteiger partial charge in [-0.25, -0.2) is 4.98 Å². The third kappa shape index (κ3) is 2.93. The van der Waals surface area contributed by atoms with Gasteiger partial charge in [-0.2, -0.15) is 4.98 Å². The molecule has 0 fully saturated rings. The average molecular weight is 229 g/mol. The van der Waals surface area contributed by atoms with Gasteiger partial charge in [0.2, 0.25) is 5.88 Å². The molecule has 1 heterocycles. The summed E-state index contributed by atoms with van der Waals surface area (Å²) in [7, 11) is 0. The number of hydrogen-bond donors (Lipinski definition) is 1. The first-order valence-electron chi connectivity index (χ1n) is 5.55. The second-order valence-electron chi connectivity index (χ2n) is 3.78. The number of anilines is 1. The van der Waals surface area contributed by atoms with Crippen LogP contribution >= 0.6 is 0 Å². The molecule has 1 aromatic carbocycles. The second-order valence-corrected chi connectivity index (χ2v) is 3.78. The lowest BCUT2D eigenvalue weighted by molar-refractivity contribution is 0.460. The van der Waals surface area contributed by atoms with Crippen molar-refractivity contribution in [2.24, 2.45) is 0 Å². The standard InChI is InChI=1S/C13H15N3O/c1-3-10-4-6-11(7-5-10)17-13-8-12(14)15-9(2)16-13/h4-8H,3H2,1-2H3,(H2,14,15,16). The Balaban J connectivity index is 2.19. The first-order chi connectivity index (χ1) is 8.17. The molecule has 0 aliphatic rings. The number of nitrogen functional groups attached to an aromatic ring is 1. The van der Waals surface area contributed by atoms with Gasteiger partial charge in [-0.05, 0) is 31.0 Å². The topological polar surface area (TPSA) is 61.0 Å². The average Bonchev–Trinajstić information content (AvgIpc) is 2.28. The predicted octanol–water partition coefficient (Wildman–Crippen LogP) is 2.72. The van der Waals surface area contributed by atoms with Crippen molar-refractivity contribution >= 4 is 5.82 Å². The number of ether oxygens (including phenoxy) is 1. The van der Waals surface area contributed by atoms with Gasteiger partial charge in [0.05, 0.1) is 0 Å². The van der Waals surface area contributed by atoms with Crippen molar-refractivity contribution in [2.75, 3.05) is 5.73 Å². The maximum atomic E-state index is 5.63. The molecule has 0 bridgehead atoms. The lowest BCUT2D eigenvalue weighted by atomic mass is 10.2. The largest absolute Gasteiger partial charge is 0.439 e. The number of hydrogen-bond acceptors (Lipinski definition) is 4. The maximum absolute atomic E-state index is 5.63. The van der Waals surface area contributed by atoms with Crippen LogP contribution in [-0.2, 0) is 6.42 Å². The quantitative estimate of drug-likeness (QED) is 0.879. The minimum absolute atomic E-state index is 0.415. The van der Waals surface area contributed by atoms with Crippen LogP contribution in [0.4, 0.5) is 5.82 Å². The monoisotopic (exact) mass is 229 g/mol. The minimum atomic E-state index is 0.415. The van der Waals surface area contributed by atoms with Gasteiger partial charge in [0.25, 0.3) is 0 Å². The van der Waals surface area contributed by atoms with Crippen molar-refractivity contribution < 1.29 is 4.74 Å². The first kappa shape index (κ1) is 11.4. The third-order valence-corrected chi connectivity index (χ3v) is 2.39. The third-order valence-electron chi connectivity index (χ3n) is 2.39. The van der Waals surface area contributed by atoms with Gasteiger partial charge in [-0.3, -0.25) is 0 Å². The van der Waals surface area contributed by atoms with Crippen molar-refractivity contribution in [3.05, 3.63) is 41.7 Å². The summed E-state index contributed by atoms with van der Waals surface area (Å²) in [5.41, 5.74) is 6.90. The van der Waals surface area contributed by atoms with Gasteiger partial charge in [0, 0.05) is 6.07 Å². The number of aryl methyl sites for hydroxylation is 2. The van der Waals surface area contributed by atoms with E-state index in [4.69, 9.17) is 10.5 Å². The molecule has 17 heavy (non-hydrogen) atoms. The molecule has 0 aliphatic carbocycles. The van der Waals surface area contributed by atoms with Gasteiger partial charge in [0.1, 0.15) is 17.4 Å². The van der Waals surface area contributed by atoms with Gasteiger partial charge >= 0.3 is 0 Å². The summed E-state index contributed by atoms with van der Waals surface area (Å²) in [5.74, 6) is 2.24. The molecule has 2 rings (SSSR count). The van der Waals surface area contributed by atoms with Gasteiger partial charge in [-0.15, -0.1) is 0 Å². The molecule has 2 aromatic rings. The molecule has 0 spiro atoms. The van der Waals surface area contributed by atoms with Crippen LogP contribution in [0, 0.1) is 6.92 Å². The molecule has 0 saturated heterocycles. The summed E-state index contributed by atoms with van der Waals surface area (Å²) in [6.07, 6.45) is 1.01. The number of nitrogens with two attached hydrogens (primary N) is 1. The zero-order chi connectivity index (χ0) is 12.3. The molecular weight excluding hydrogens is 214 g/mol. The second kappa shape index (κ2) is 4.82. The Morgan fingerprint density at radius 3 is 2.47 bits per heavy atom. The van der Waals surface area contributed by atoms with Crippen LogP contribution in [0.25, 0.3) is 0 Å². The Morgan fingerprint density at radius 1 is 1.18 bits per heavy atom. The van der Waals surface area contributed by atoms with Crippen molar-refractivity contribution in [2.45, 2.75) is 20.3 Å². The van der Waals surface area contributed by atoms with Crippen molar-refractivity contribution in [1.29, 1.82) is 0 Å². The van der Waals surface area contributed by atoms with E-state index in [2.05, 4.69) is 16.9 Å². The smallest absolute Gasteiger partial charge is 0.224 e. The molecular formula is C13H15N3O. The van der Waals surface area contributed by atoms with E-state index in [0.29, 0.717) is 17.5 Å². The molecule has 4 nitrogen and oxygen atoms in total. The van der Waals surface area contributed by atoms with E-state index >= 15 is 0 Å². The fraction of sp³-hybridized carbons (Fsp3) is 0.231. The molecule has 0 atom stereocenters. The van der Waals surface area contributed by atoms with Gasteiger partial charge in [0.15, 0.2) is 0 Å². The first-order valence-corrected chi connectivity index (χ1v) is 5.55. The number of aromatic nitrogens is 2. The normalized spacial score (nSPS) is 10.2. The Morgan fingerprint density at radius 2 is 1.88 bits per heavy atom. The summed E-state index contributed by atoms with van der Waals surface area (Å²) >= 11 is 0. The van der Waals surface area contributed by atoms with E-state index < -0.39 is 0 Å². The highest BCUT2D eigenvalue weighted by Gasteiger charge is 2.02. The van der Waals surface area contributed by atoms with Crippen LogP contribution in [0.3, 0.4) is 0 Å². The lowest BCUT2D eigenvalue weighted by Gasteiger charge is -2.06. The highest BCUT2D eigenvalue weighted by atomic mass is 16.5. The highest BCUT2D eigenvalue weighted by molar-refractivity contribution is 5.36. The maximum Gasteiger partial charge on any atom is 0.224 e. The van der Waals surface area contributed by atoms with E-state index in [1.165, 1.54) is 5.56 Å². The summed E-state index contributed by atoms with van der Waals surface area (Å²) in [5, 5.41) is 0. The molecule has 4 heteroatoms. The van der Waals surface area contributed by atoms with Crippen LogP contribution in [0.2, 0.25) is 0 Å². The fourth-order valence-electron chi connectivity index (χ4n) is 1.53. The Kier molecular flexibility index (Phi) is 3.23. The summed E-state index contributed by atoms with van der Waals surface area (Å²) in [4.78, 5) is 8.15. The Bertz CT molecular complexity index is 488. The Hall–Kier alpha value is -2.10. The minimum Gasteiger partial charge on any atom is -0.439 e. The predicted molar refractivity (Wildman–Crippen MR) is 67.1 cm³/mol. The summed E-state index contributed by atoms with van der Waals surface area (Å²) in [6.45, 7) is 3.90. The molecule has 1 aromatic heterocycles. The van der Waals surface area contributed by atoms with Gasteiger partial charge < -0.3 is 10.5 Å². The molecule has 0 saturated carbocycles. The molecule has 0 aliphatic heterocycles. The van der Waals surface area contributed by atoms with E-state index in [9.17, 15) is 0 Å². The van der Waals surface area contributed by atoms with E-state index in [0.717, 1.165) is 12.2 Å². The lowest BCUT2D eigenvalue weighted by Crippen LogP contribution is -1.97. The number of nitrogens with zero attached hydrogens (tertiary/aromatic N) is 2. The zero-order valence-corrected chi connectivity index (χ0v) is 9.97. The Labute approximate surface area is 100 Å². The van der Waals surface area contributed by atoms with Crippen LogP contribution < -0.4 is 10.5 Å². The van der Waals surface area contributed by atoms with E-state index in [1.807, 2.05) is 24.3 Å². The molecule has 2 N–H and O–H groups in total. The molecule has 0 unspecified atom stereocenters. The van der Waals surface area contributed by atoms with Crippen LogP contribution in [0.1, 0.15) is 18.3 Å². The van der Waals surface area contributed by atoms with Crippen molar-refractivity contribution in [3.63, 3.8) is 0 Å². The SMILES string of the molecule is CCc1ccc(Oc2cc(N)nc(C)n2)cc1.